The van der Waals surface area contributed by atoms with Crippen molar-refractivity contribution in [3.05, 3.63) is 0 Å². The molecule has 0 bridgehead atoms. The number of rotatable bonds is 5. The number of hydrogen-bond donors (Lipinski definition) is 2. The van der Waals surface area contributed by atoms with Crippen molar-refractivity contribution < 1.29 is 14.3 Å². The lowest BCUT2D eigenvalue weighted by molar-refractivity contribution is -0.160. The fourth-order valence-electron chi connectivity index (χ4n) is 3.39. The second-order valence-electron chi connectivity index (χ2n) is 6.33. The zero-order valence-electron chi connectivity index (χ0n) is 14.2. The third-order valence-electron chi connectivity index (χ3n) is 4.82. The van der Waals surface area contributed by atoms with Crippen LogP contribution in [0.4, 0.5) is 0 Å². The number of likely N-dealkylation sites (tertiary alicyclic amines) is 1. The molecule has 2 heterocycles. The molecule has 6 nitrogen and oxygen atoms in total. The van der Waals surface area contributed by atoms with Gasteiger partial charge in [0.05, 0.1) is 5.92 Å². The van der Waals surface area contributed by atoms with E-state index in [9.17, 15) is 9.59 Å². The van der Waals surface area contributed by atoms with Crippen LogP contribution in [0.25, 0.3) is 0 Å². The zero-order valence-corrected chi connectivity index (χ0v) is 15.0. The molecule has 2 N–H and O–H groups in total. The van der Waals surface area contributed by atoms with E-state index in [2.05, 4.69) is 10.6 Å². The minimum absolute atomic E-state index is 0. The van der Waals surface area contributed by atoms with Gasteiger partial charge in [0.25, 0.3) is 5.91 Å². The minimum Gasteiger partial charge on any atom is -0.368 e. The van der Waals surface area contributed by atoms with Crippen LogP contribution in [0.3, 0.4) is 0 Å². The van der Waals surface area contributed by atoms with Gasteiger partial charge < -0.3 is 20.3 Å². The summed E-state index contributed by atoms with van der Waals surface area (Å²) in [5.41, 5.74) is -0.701. The molecule has 0 aromatic rings. The van der Waals surface area contributed by atoms with Gasteiger partial charge in [-0.1, -0.05) is 6.92 Å². The smallest absolute Gasteiger partial charge is 0.254 e. The maximum absolute atomic E-state index is 12.9. The van der Waals surface area contributed by atoms with Crippen LogP contribution in [-0.2, 0) is 14.3 Å². The molecule has 2 aliphatic heterocycles. The second-order valence-corrected chi connectivity index (χ2v) is 6.33. The number of methoxy groups -OCH3 is 1. The number of nitrogens with one attached hydrogen (secondary N) is 2. The van der Waals surface area contributed by atoms with Crippen molar-refractivity contribution in [1.29, 1.82) is 0 Å². The van der Waals surface area contributed by atoms with Crippen molar-refractivity contribution in [2.24, 2.45) is 5.92 Å². The van der Waals surface area contributed by atoms with Gasteiger partial charge in [-0.05, 0) is 45.2 Å². The van der Waals surface area contributed by atoms with E-state index in [1.54, 1.807) is 7.11 Å². The summed E-state index contributed by atoms with van der Waals surface area (Å²) < 4.78 is 5.62. The Kier molecular flexibility index (Phi) is 8.29. The standard InChI is InChI=1S/C16H29N3O3.ClH/c1-3-8-18-14(20)13-5-4-11-19(12-13)15(21)16(22-2)6-9-17-10-7-16;/h13,17H,3-12H2,1-2H3,(H,18,20);1H. The highest BCUT2D eigenvalue weighted by atomic mass is 35.5. The van der Waals surface area contributed by atoms with E-state index in [-0.39, 0.29) is 30.1 Å². The molecule has 134 valence electrons. The van der Waals surface area contributed by atoms with Crippen molar-refractivity contribution in [2.45, 2.75) is 44.6 Å². The third kappa shape index (κ3) is 4.81. The molecule has 0 aromatic carbocycles. The lowest BCUT2D eigenvalue weighted by Crippen LogP contribution is -2.57. The third-order valence-corrected chi connectivity index (χ3v) is 4.82. The average Bonchev–Trinajstić information content (AvgIpc) is 2.59. The molecular weight excluding hydrogens is 318 g/mol. The van der Waals surface area contributed by atoms with Crippen LogP contribution in [-0.4, -0.2) is 62.1 Å². The number of piperidine rings is 2. The summed E-state index contributed by atoms with van der Waals surface area (Å²) in [6, 6.07) is 0. The van der Waals surface area contributed by atoms with E-state index >= 15 is 0 Å². The first kappa shape index (κ1) is 20.2. The largest absolute Gasteiger partial charge is 0.368 e. The number of carbonyl (C=O) groups excluding carboxylic acids is 2. The van der Waals surface area contributed by atoms with Crippen LogP contribution in [0.5, 0.6) is 0 Å². The number of nitrogens with zero attached hydrogens (tertiary/aromatic N) is 1. The summed E-state index contributed by atoms with van der Waals surface area (Å²) in [4.78, 5) is 26.9. The van der Waals surface area contributed by atoms with Gasteiger partial charge in [0.15, 0.2) is 0 Å². The predicted octanol–water partition coefficient (Wildman–Crippen LogP) is 0.942. The Hall–Kier alpha value is -0.850. The molecular formula is C16H30ClN3O3. The van der Waals surface area contributed by atoms with Crippen molar-refractivity contribution in [1.82, 2.24) is 15.5 Å². The Morgan fingerprint density at radius 2 is 2.04 bits per heavy atom. The summed E-state index contributed by atoms with van der Waals surface area (Å²) in [7, 11) is 1.62. The van der Waals surface area contributed by atoms with Gasteiger partial charge in [-0.15, -0.1) is 12.4 Å². The van der Waals surface area contributed by atoms with Crippen LogP contribution < -0.4 is 10.6 Å². The Balaban J connectivity index is 0.00000264. The summed E-state index contributed by atoms with van der Waals surface area (Å²) in [6.45, 7) is 5.59. The second kappa shape index (κ2) is 9.45. The van der Waals surface area contributed by atoms with E-state index in [4.69, 9.17) is 4.74 Å². The summed E-state index contributed by atoms with van der Waals surface area (Å²) in [6.07, 6.45) is 4.08. The number of ether oxygens (including phenoxy) is 1. The SMILES string of the molecule is CCCNC(=O)C1CCCN(C(=O)C2(OC)CCNCC2)C1.Cl. The monoisotopic (exact) mass is 347 g/mol. The fraction of sp³-hybridized carbons (Fsp3) is 0.875. The van der Waals surface area contributed by atoms with Crippen molar-refractivity contribution in [3.8, 4) is 0 Å². The molecule has 0 aliphatic carbocycles. The lowest BCUT2D eigenvalue weighted by Gasteiger charge is -2.41. The van der Waals surface area contributed by atoms with E-state index < -0.39 is 5.60 Å². The molecule has 1 atom stereocenters. The number of hydrogen-bond acceptors (Lipinski definition) is 4. The zero-order chi connectivity index (χ0) is 16.0. The first-order chi connectivity index (χ1) is 10.6. The Bertz CT molecular complexity index is 400. The van der Waals surface area contributed by atoms with Crippen LogP contribution in [0.1, 0.15) is 39.0 Å². The molecule has 23 heavy (non-hydrogen) atoms. The van der Waals surface area contributed by atoms with Crippen LogP contribution >= 0.6 is 12.4 Å². The minimum atomic E-state index is -0.701. The molecule has 2 aliphatic rings. The Labute approximate surface area is 145 Å². The van der Waals surface area contributed by atoms with Crippen molar-refractivity contribution in [3.63, 3.8) is 0 Å². The molecule has 0 spiro atoms. The van der Waals surface area contributed by atoms with Crippen LogP contribution in [0, 0.1) is 5.92 Å². The molecule has 2 amide bonds. The molecule has 2 fully saturated rings. The van der Waals surface area contributed by atoms with Crippen molar-refractivity contribution >= 4 is 24.2 Å². The molecule has 2 saturated heterocycles. The van der Waals surface area contributed by atoms with Gasteiger partial charge in [0.2, 0.25) is 5.91 Å². The van der Waals surface area contributed by atoms with Gasteiger partial charge in [-0.25, -0.2) is 0 Å². The van der Waals surface area contributed by atoms with Gasteiger partial charge in [-0.3, -0.25) is 9.59 Å². The molecule has 0 saturated carbocycles. The maximum Gasteiger partial charge on any atom is 0.254 e. The van der Waals surface area contributed by atoms with E-state index in [1.165, 1.54) is 0 Å². The first-order valence-electron chi connectivity index (χ1n) is 8.46. The van der Waals surface area contributed by atoms with Gasteiger partial charge in [0, 0.05) is 26.7 Å². The quantitative estimate of drug-likeness (QED) is 0.776. The van der Waals surface area contributed by atoms with E-state index in [1.807, 2.05) is 11.8 Å². The lowest BCUT2D eigenvalue weighted by atomic mass is 9.88. The summed E-state index contributed by atoms with van der Waals surface area (Å²) in [5.74, 6) is 0.0560. The molecule has 1 unspecified atom stereocenters. The Morgan fingerprint density at radius 1 is 1.35 bits per heavy atom. The molecule has 0 radical (unpaired) electrons. The summed E-state index contributed by atoms with van der Waals surface area (Å²) in [5, 5.41) is 6.21. The van der Waals surface area contributed by atoms with Crippen LogP contribution in [0.15, 0.2) is 0 Å². The van der Waals surface area contributed by atoms with E-state index in [0.717, 1.165) is 38.9 Å². The molecule has 2 rings (SSSR count). The fourth-order valence-corrected chi connectivity index (χ4v) is 3.39. The first-order valence-corrected chi connectivity index (χ1v) is 8.46. The van der Waals surface area contributed by atoms with E-state index in [0.29, 0.717) is 25.9 Å². The molecule has 0 aromatic heterocycles. The highest BCUT2D eigenvalue weighted by Gasteiger charge is 2.43. The van der Waals surface area contributed by atoms with Crippen molar-refractivity contribution in [2.75, 3.05) is 39.8 Å². The highest BCUT2D eigenvalue weighted by molar-refractivity contribution is 5.87. The normalized spacial score (nSPS) is 23.7. The van der Waals surface area contributed by atoms with Gasteiger partial charge >= 0.3 is 0 Å². The Morgan fingerprint density at radius 3 is 2.65 bits per heavy atom. The summed E-state index contributed by atoms with van der Waals surface area (Å²) >= 11 is 0. The number of halogens is 1. The predicted molar refractivity (Wildman–Crippen MR) is 91.7 cm³/mol. The number of amides is 2. The maximum atomic E-state index is 12.9. The van der Waals surface area contributed by atoms with Gasteiger partial charge in [0.1, 0.15) is 5.60 Å². The number of carbonyl (C=O) groups is 2. The highest BCUT2D eigenvalue weighted by Crippen LogP contribution is 2.28. The van der Waals surface area contributed by atoms with Crippen LogP contribution in [0.2, 0.25) is 0 Å². The van der Waals surface area contributed by atoms with Gasteiger partial charge in [-0.2, -0.15) is 0 Å². The molecule has 7 heteroatoms. The average molecular weight is 348 g/mol. The topological polar surface area (TPSA) is 70.7 Å².